The summed E-state index contributed by atoms with van der Waals surface area (Å²) in [5.41, 5.74) is 4.91. The molecule has 0 saturated carbocycles. The summed E-state index contributed by atoms with van der Waals surface area (Å²) in [5, 5.41) is 2.89. The first-order valence-electron chi connectivity index (χ1n) is 6.65. The minimum Gasteiger partial charge on any atom is -0.376 e. The second kappa shape index (κ2) is 5.61. The van der Waals surface area contributed by atoms with E-state index in [1.807, 2.05) is 20.8 Å². The van der Waals surface area contributed by atoms with Crippen LogP contribution in [-0.2, 0) is 6.54 Å². The smallest absolute Gasteiger partial charge is 0.152 e. The fourth-order valence-electron chi connectivity index (χ4n) is 2.48. The average molecular weight is 275 g/mol. The highest BCUT2D eigenvalue weighted by atomic mass is 19.1. The van der Waals surface area contributed by atoms with Crippen LogP contribution in [-0.4, -0.2) is 0 Å². The van der Waals surface area contributed by atoms with Gasteiger partial charge in [0.15, 0.2) is 5.82 Å². The van der Waals surface area contributed by atoms with Crippen molar-refractivity contribution in [2.75, 3.05) is 5.32 Å². The van der Waals surface area contributed by atoms with Crippen LogP contribution in [0.15, 0.2) is 24.3 Å². The highest BCUT2D eigenvalue weighted by molar-refractivity contribution is 5.50. The van der Waals surface area contributed by atoms with Crippen molar-refractivity contribution in [3.8, 4) is 0 Å². The molecule has 3 heteroatoms. The molecule has 0 bridgehead atoms. The van der Waals surface area contributed by atoms with Gasteiger partial charge in [-0.2, -0.15) is 0 Å². The van der Waals surface area contributed by atoms with Gasteiger partial charge in [-0.1, -0.05) is 23.8 Å². The largest absolute Gasteiger partial charge is 0.376 e. The summed E-state index contributed by atoms with van der Waals surface area (Å²) >= 11 is 0. The third-order valence-corrected chi connectivity index (χ3v) is 3.57. The second-order valence-corrected chi connectivity index (χ2v) is 5.28. The molecule has 0 heterocycles. The van der Waals surface area contributed by atoms with E-state index in [0.29, 0.717) is 12.1 Å². The predicted octanol–water partition coefficient (Wildman–Crippen LogP) is 4.81. The number of benzene rings is 2. The maximum absolute atomic E-state index is 13.9. The van der Waals surface area contributed by atoms with E-state index >= 15 is 0 Å². The van der Waals surface area contributed by atoms with Gasteiger partial charge in [0, 0.05) is 6.54 Å². The predicted molar refractivity (Wildman–Crippen MR) is 79.1 cm³/mol. The zero-order valence-corrected chi connectivity index (χ0v) is 12.3. The molecule has 0 spiro atoms. The number of hydrogen-bond donors (Lipinski definition) is 1. The molecular weight excluding hydrogens is 256 g/mol. The monoisotopic (exact) mass is 275 g/mol. The fourth-order valence-corrected chi connectivity index (χ4v) is 2.48. The van der Waals surface area contributed by atoms with Crippen LogP contribution in [0.25, 0.3) is 0 Å². The Hall–Kier alpha value is -1.90. The molecule has 0 aliphatic carbocycles. The Bertz CT molecular complexity index is 625. The zero-order valence-electron chi connectivity index (χ0n) is 12.3. The van der Waals surface area contributed by atoms with Crippen molar-refractivity contribution in [2.24, 2.45) is 0 Å². The minimum absolute atomic E-state index is 0.0515. The van der Waals surface area contributed by atoms with Crippen molar-refractivity contribution in [1.82, 2.24) is 0 Å². The van der Waals surface area contributed by atoms with Gasteiger partial charge in [-0.25, -0.2) is 8.78 Å². The normalized spacial score (nSPS) is 10.7. The Morgan fingerprint density at radius 2 is 1.50 bits per heavy atom. The average Bonchev–Trinajstić information content (AvgIpc) is 2.36. The third-order valence-electron chi connectivity index (χ3n) is 3.57. The third kappa shape index (κ3) is 2.82. The van der Waals surface area contributed by atoms with Gasteiger partial charge < -0.3 is 5.32 Å². The lowest BCUT2D eigenvalue weighted by Gasteiger charge is -2.14. The van der Waals surface area contributed by atoms with Gasteiger partial charge in [-0.3, -0.25) is 0 Å². The molecule has 106 valence electrons. The number of nitrogens with one attached hydrogen (secondary N) is 1. The van der Waals surface area contributed by atoms with Crippen molar-refractivity contribution in [2.45, 2.75) is 34.2 Å². The number of aryl methyl sites for hydroxylation is 4. The number of halogens is 2. The van der Waals surface area contributed by atoms with Crippen LogP contribution in [0.4, 0.5) is 14.5 Å². The summed E-state index contributed by atoms with van der Waals surface area (Å²) < 4.78 is 27.6. The van der Waals surface area contributed by atoms with Gasteiger partial charge in [0.1, 0.15) is 11.5 Å². The molecule has 0 aliphatic heterocycles. The Labute approximate surface area is 118 Å². The first kappa shape index (κ1) is 14.5. The zero-order chi connectivity index (χ0) is 14.9. The van der Waals surface area contributed by atoms with Crippen LogP contribution >= 0.6 is 0 Å². The first-order valence-corrected chi connectivity index (χ1v) is 6.65. The van der Waals surface area contributed by atoms with Crippen molar-refractivity contribution in [3.63, 3.8) is 0 Å². The van der Waals surface area contributed by atoms with Crippen LogP contribution in [0.3, 0.4) is 0 Å². The van der Waals surface area contributed by atoms with E-state index in [0.717, 1.165) is 16.7 Å². The summed E-state index contributed by atoms with van der Waals surface area (Å²) in [7, 11) is 0. The molecule has 0 aliphatic rings. The SMILES string of the molecule is Cc1cc(C)c(CNc2c(F)ccc(C)c2F)c(C)c1. The highest BCUT2D eigenvalue weighted by Crippen LogP contribution is 2.24. The molecule has 0 atom stereocenters. The quantitative estimate of drug-likeness (QED) is 0.847. The highest BCUT2D eigenvalue weighted by Gasteiger charge is 2.12. The van der Waals surface area contributed by atoms with E-state index in [-0.39, 0.29) is 5.69 Å². The molecule has 2 rings (SSSR count). The molecule has 0 amide bonds. The van der Waals surface area contributed by atoms with Crippen molar-refractivity contribution in [1.29, 1.82) is 0 Å². The summed E-state index contributed by atoms with van der Waals surface area (Å²) in [6, 6.07) is 6.88. The summed E-state index contributed by atoms with van der Waals surface area (Å²) in [6.07, 6.45) is 0. The molecule has 0 saturated heterocycles. The summed E-state index contributed by atoms with van der Waals surface area (Å²) in [6.45, 7) is 8.11. The molecule has 1 nitrogen and oxygen atoms in total. The molecule has 2 aromatic carbocycles. The van der Waals surface area contributed by atoms with Crippen LogP contribution < -0.4 is 5.32 Å². The van der Waals surface area contributed by atoms with E-state index < -0.39 is 11.6 Å². The number of hydrogen-bond acceptors (Lipinski definition) is 1. The van der Waals surface area contributed by atoms with Gasteiger partial charge in [-0.15, -0.1) is 0 Å². The second-order valence-electron chi connectivity index (χ2n) is 5.28. The van der Waals surface area contributed by atoms with Crippen molar-refractivity contribution in [3.05, 3.63) is 63.7 Å². The maximum Gasteiger partial charge on any atom is 0.152 e. The molecule has 0 fully saturated rings. The Kier molecular flexibility index (Phi) is 4.07. The summed E-state index contributed by atoms with van der Waals surface area (Å²) in [5.74, 6) is -1.08. The lowest BCUT2D eigenvalue weighted by atomic mass is 10.00. The minimum atomic E-state index is -0.560. The molecular formula is C17H19F2N. The van der Waals surface area contributed by atoms with Gasteiger partial charge in [-0.05, 0) is 56.0 Å². The molecule has 0 radical (unpaired) electrons. The van der Waals surface area contributed by atoms with E-state index in [9.17, 15) is 8.78 Å². The van der Waals surface area contributed by atoms with E-state index in [2.05, 4.69) is 17.4 Å². The number of anilines is 1. The number of rotatable bonds is 3. The molecule has 0 unspecified atom stereocenters. The molecule has 1 N–H and O–H groups in total. The van der Waals surface area contributed by atoms with Gasteiger partial charge in [0.25, 0.3) is 0 Å². The Morgan fingerprint density at radius 1 is 0.900 bits per heavy atom. The van der Waals surface area contributed by atoms with Gasteiger partial charge in [0.2, 0.25) is 0 Å². The van der Waals surface area contributed by atoms with Crippen LogP contribution in [0, 0.1) is 39.3 Å². The first-order chi connectivity index (χ1) is 9.40. The summed E-state index contributed by atoms with van der Waals surface area (Å²) in [4.78, 5) is 0. The lowest BCUT2D eigenvalue weighted by molar-refractivity contribution is 0.582. The van der Waals surface area contributed by atoms with E-state index in [1.165, 1.54) is 17.7 Å². The molecule has 2 aromatic rings. The fraction of sp³-hybridized carbons (Fsp3) is 0.294. The van der Waals surface area contributed by atoms with Crippen molar-refractivity contribution < 1.29 is 8.78 Å². The standard InChI is InChI=1S/C17H19F2N/c1-10-7-12(3)14(13(4)8-10)9-20-17-15(18)6-5-11(2)16(17)19/h5-8,20H,9H2,1-4H3. The maximum atomic E-state index is 13.9. The van der Waals surface area contributed by atoms with Crippen molar-refractivity contribution >= 4 is 5.69 Å². The topological polar surface area (TPSA) is 12.0 Å². The Morgan fingerprint density at radius 3 is 2.10 bits per heavy atom. The lowest BCUT2D eigenvalue weighted by Crippen LogP contribution is -2.07. The van der Waals surface area contributed by atoms with E-state index in [4.69, 9.17) is 0 Å². The Balaban J connectivity index is 2.28. The molecule has 20 heavy (non-hydrogen) atoms. The van der Waals surface area contributed by atoms with Gasteiger partial charge >= 0.3 is 0 Å². The van der Waals surface area contributed by atoms with Crippen LogP contribution in [0.5, 0.6) is 0 Å². The van der Waals surface area contributed by atoms with E-state index in [1.54, 1.807) is 6.92 Å². The van der Waals surface area contributed by atoms with Crippen LogP contribution in [0.2, 0.25) is 0 Å². The van der Waals surface area contributed by atoms with Crippen LogP contribution in [0.1, 0.15) is 27.8 Å². The molecule has 0 aromatic heterocycles. The van der Waals surface area contributed by atoms with Gasteiger partial charge in [0.05, 0.1) is 0 Å².